The topological polar surface area (TPSA) is 43.4 Å². The van der Waals surface area contributed by atoms with Gasteiger partial charge in [0.2, 0.25) is 0 Å². The fourth-order valence-corrected chi connectivity index (χ4v) is 5.36. The maximum absolute atomic E-state index is 13.9. The Hall–Kier alpha value is -2.85. The van der Waals surface area contributed by atoms with Crippen LogP contribution in [0.5, 0.6) is 5.75 Å². The van der Waals surface area contributed by atoms with Crippen LogP contribution >= 0.6 is 7.14 Å². The van der Waals surface area contributed by atoms with Gasteiger partial charge in [-0.3, -0.25) is 4.79 Å². The van der Waals surface area contributed by atoms with Gasteiger partial charge in [-0.05, 0) is 24.3 Å². The summed E-state index contributed by atoms with van der Waals surface area (Å²) in [5, 5.41) is 1.10. The standard InChI is InChI=1S/C21H16F3O3P/c22-21(23,24)27-17-13-11-16(12-14-17)20(25)15-28(26,18-7-3-1-4-8-18)19-9-5-2-6-10-19/h1-14H,15H2. The van der Waals surface area contributed by atoms with Crippen molar-refractivity contribution in [3.05, 3.63) is 90.5 Å². The number of ketones is 1. The number of carbonyl (C=O) groups excluding carboxylic acids is 1. The van der Waals surface area contributed by atoms with Gasteiger partial charge in [0.1, 0.15) is 5.75 Å². The van der Waals surface area contributed by atoms with Crippen molar-refractivity contribution in [2.24, 2.45) is 0 Å². The Labute approximate surface area is 160 Å². The number of carbonyl (C=O) groups is 1. The van der Waals surface area contributed by atoms with Crippen molar-refractivity contribution in [1.82, 2.24) is 0 Å². The molecule has 0 saturated carbocycles. The summed E-state index contributed by atoms with van der Waals surface area (Å²) in [4.78, 5) is 12.8. The molecule has 3 aromatic carbocycles. The highest BCUT2D eigenvalue weighted by Crippen LogP contribution is 2.43. The molecule has 3 nitrogen and oxygen atoms in total. The zero-order valence-electron chi connectivity index (χ0n) is 14.6. The van der Waals surface area contributed by atoms with Gasteiger partial charge in [-0.25, -0.2) is 0 Å². The summed E-state index contributed by atoms with van der Waals surface area (Å²) in [7, 11) is -3.25. The van der Waals surface area contributed by atoms with Crippen molar-refractivity contribution >= 4 is 23.5 Å². The highest BCUT2D eigenvalue weighted by atomic mass is 31.2. The Morgan fingerprint density at radius 3 is 1.68 bits per heavy atom. The summed E-state index contributed by atoms with van der Waals surface area (Å²) in [6.07, 6.45) is -5.07. The highest BCUT2D eigenvalue weighted by Gasteiger charge is 2.32. The summed E-state index contributed by atoms with van der Waals surface area (Å²) in [5.74, 6) is -0.840. The summed E-state index contributed by atoms with van der Waals surface area (Å²) in [6.45, 7) is 0. The molecule has 28 heavy (non-hydrogen) atoms. The number of hydrogen-bond acceptors (Lipinski definition) is 3. The normalized spacial score (nSPS) is 11.8. The molecular weight excluding hydrogens is 388 g/mol. The molecule has 0 N–H and O–H groups in total. The molecule has 0 radical (unpaired) electrons. The zero-order valence-corrected chi connectivity index (χ0v) is 15.5. The van der Waals surface area contributed by atoms with Crippen LogP contribution in [0.2, 0.25) is 0 Å². The van der Waals surface area contributed by atoms with Crippen molar-refractivity contribution in [2.75, 3.05) is 6.16 Å². The fraction of sp³-hybridized carbons (Fsp3) is 0.0952. The van der Waals surface area contributed by atoms with E-state index < -0.39 is 25.0 Å². The van der Waals surface area contributed by atoms with Gasteiger partial charge in [0.05, 0.1) is 6.16 Å². The third-order valence-corrected chi connectivity index (χ3v) is 7.12. The SMILES string of the molecule is O=C(CP(=O)(c1ccccc1)c1ccccc1)c1ccc(OC(F)(F)F)cc1. The van der Waals surface area contributed by atoms with E-state index in [0.717, 1.165) is 12.1 Å². The quantitative estimate of drug-likeness (QED) is 0.439. The van der Waals surface area contributed by atoms with Crippen LogP contribution in [0, 0.1) is 0 Å². The van der Waals surface area contributed by atoms with Crippen molar-refractivity contribution in [3.8, 4) is 5.75 Å². The Morgan fingerprint density at radius 2 is 1.25 bits per heavy atom. The van der Waals surface area contributed by atoms with Crippen molar-refractivity contribution < 1.29 is 27.3 Å². The molecule has 0 aromatic heterocycles. The molecule has 0 saturated heterocycles. The molecule has 0 aliphatic rings. The molecule has 144 valence electrons. The lowest BCUT2D eigenvalue weighted by Crippen LogP contribution is -2.22. The van der Waals surface area contributed by atoms with E-state index in [9.17, 15) is 22.5 Å². The molecule has 0 aliphatic heterocycles. The van der Waals surface area contributed by atoms with Gasteiger partial charge < -0.3 is 9.30 Å². The molecule has 0 bridgehead atoms. The number of hydrogen-bond donors (Lipinski definition) is 0. The van der Waals surface area contributed by atoms with E-state index in [2.05, 4.69) is 4.74 Å². The minimum Gasteiger partial charge on any atom is -0.406 e. The van der Waals surface area contributed by atoms with Crippen LogP contribution in [0.3, 0.4) is 0 Å². The van der Waals surface area contributed by atoms with Crippen LogP contribution in [0.4, 0.5) is 13.2 Å². The van der Waals surface area contributed by atoms with E-state index in [1.54, 1.807) is 60.7 Å². The van der Waals surface area contributed by atoms with Gasteiger partial charge in [-0.15, -0.1) is 13.2 Å². The maximum atomic E-state index is 13.9. The Kier molecular flexibility index (Phi) is 5.71. The first kappa shape index (κ1) is 19.9. The molecular formula is C21H16F3O3P. The van der Waals surface area contributed by atoms with E-state index in [1.165, 1.54) is 12.1 Å². The predicted octanol–water partition coefficient (Wildman–Crippen LogP) is 4.78. The summed E-state index contributed by atoms with van der Waals surface area (Å²) < 4.78 is 54.5. The van der Waals surface area contributed by atoms with E-state index in [0.29, 0.717) is 10.6 Å². The molecule has 0 amide bonds. The highest BCUT2D eigenvalue weighted by molar-refractivity contribution is 7.79. The molecule has 0 fully saturated rings. The second kappa shape index (κ2) is 8.03. The third-order valence-electron chi connectivity index (χ3n) is 4.12. The molecule has 0 heterocycles. The molecule has 3 rings (SSSR count). The van der Waals surface area contributed by atoms with Crippen LogP contribution in [0.1, 0.15) is 10.4 Å². The van der Waals surface area contributed by atoms with E-state index in [1.807, 2.05) is 0 Å². The van der Waals surface area contributed by atoms with Gasteiger partial charge in [-0.2, -0.15) is 0 Å². The van der Waals surface area contributed by atoms with Crippen LogP contribution < -0.4 is 15.3 Å². The Bertz CT molecular complexity index is 941. The predicted molar refractivity (Wildman–Crippen MR) is 102 cm³/mol. The summed E-state index contributed by atoms with van der Waals surface area (Å²) in [6, 6.07) is 22.0. The van der Waals surface area contributed by atoms with Gasteiger partial charge in [0.25, 0.3) is 0 Å². The third kappa shape index (κ3) is 4.70. The van der Waals surface area contributed by atoms with Crippen LogP contribution in [0.15, 0.2) is 84.9 Å². The maximum Gasteiger partial charge on any atom is 0.573 e. The van der Waals surface area contributed by atoms with Crippen molar-refractivity contribution in [1.29, 1.82) is 0 Å². The largest absolute Gasteiger partial charge is 0.573 e. The minimum atomic E-state index is -4.80. The molecule has 7 heteroatoms. The van der Waals surface area contributed by atoms with Crippen molar-refractivity contribution in [3.63, 3.8) is 0 Å². The molecule has 0 spiro atoms. The first-order valence-electron chi connectivity index (χ1n) is 8.37. The van der Waals surface area contributed by atoms with Crippen LogP contribution in [-0.4, -0.2) is 18.3 Å². The average Bonchev–Trinajstić information content (AvgIpc) is 2.68. The Balaban J connectivity index is 1.90. The first-order chi connectivity index (χ1) is 13.3. The minimum absolute atomic E-state index is 0.168. The number of halogens is 3. The van der Waals surface area contributed by atoms with E-state index >= 15 is 0 Å². The monoisotopic (exact) mass is 404 g/mol. The van der Waals surface area contributed by atoms with Gasteiger partial charge in [0, 0.05) is 16.2 Å². The lowest BCUT2D eigenvalue weighted by atomic mass is 10.1. The molecule has 0 unspecified atom stereocenters. The van der Waals surface area contributed by atoms with Crippen LogP contribution in [-0.2, 0) is 4.57 Å². The Morgan fingerprint density at radius 1 is 0.786 bits per heavy atom. The number of alkyl halides is 3. The lowest BCUT2D eigenvalue weighted by molar-refractivity contribution is -0.274. The lowest BCUT2D eigenvalue weighted by Gasteiger charge is -2.19. The number of benzene rings is 3. The number of Topliss-reactive ketones (excluding diaryl/α,β-unsaturated/α-hetero) is 1. The smallest absolute Gasteiger partial charge is 0.406 e. The molecule has 3 aromatic rings. The molecule has 0 aliphatic carbocycles. The van der Waals surface area contributed by atoms with E-state index in [-0.39, 0.29) is 11.7 Å². The van der Waals surface area contributed by atoms with Gasteiger partial charge in [-0.1, -0.05) is 60.7 Å². The summed E-state index contributed by atoms with van der Waals surface area (Å²) >= 11 is 0. The first-order valence-corrected chi connectivity index (χ1v) is 10.3. The van der Waals surface area contributed by atoms with E-state index in [4.69, 9.17) is 0 Å². The second-order valence-corrected chi connectivity index (χ2v) is 8.89. The summed E-state index contributed by atoms with van der Waals surface area (Å²) in [5.41, 5.74) is 0.168. The average molecular weight is 404 g/mol. The van der Waals surface area contributed by atoms with Crippen molar-refractivity contribution in [2.45, 2.75) is 6.36 Å². The van der Waals surface area contributed by atoms with Gasteiger partial charge in [0.15, 0.2) is 12.9 Å². The fourth-order valence-electron chi connectivity index (χ4n) is 2.81. The number of rotatable bonds is 6. The zero-order chi connectivity index (χ0) is 20.2. The molecule has 0 atom stereocenters. The second-order valence-electron chi connectivity index (χ2n) is 6.06. The van der Waals surface area contributed by atoms with Crippen LogP contribution in [0.25, 0.3) is 0 Å². The number of ether oxygens (including phenoxy) is 1. The van der Waals surface area contributed by atoms with Gasteiger partial charge >= 0.3 is 6.36 Å².